The molecule has 1 aliphatic rings. The van der Waals surface area contributed by atoms with Crippen molar-refractivity contribution in [2.75, 3.05) is 5.32 Å². The first kappa shape index (κ1) is 16.7. The summed E-state index contributed by atoms with van der Waals surface area (Å²) >= 11 is 0. The summed E-state index contributed by atoms with van der Waals surface area (Å²) in [4.78, 5) is 16.7. The molecule has 1 saturated carbocycles. The Hall–Kier alpha value is -2.75. The van der Waals surface area contributed by atoms with Gasteiger partial charge in [-0.15, -0.1) is 0 Å². The smallest absolute Gasteiger partial charge is 0.228 e. The summed E-state index contributed by atoms with van der Waals surface area (Å²) < 4.78 is 13.6. The topological polar surface area (TPSA) is 42.0 Å². The van der Waals surface area contributed by atoms with Crippen molar-refractivity contribution >= 4 is 22.5 Å². The fourth-order valence-corrected chi connectivity index (χ4v) is 3.70. The van der Waals surface area contributed by atoms with Gasteiger partial charge in [-0.05, 0) is 66.1 Å². The predicted molar refractivity (Wildman–Crippen MR) is 102 cm³/mol. The number of rotatable bonds is 3. The number of carbonyl (C=O) groups excluding carboxylic acids is 1. The van der Waals surface area contributed by atoms with Crippen molar-refractivity contribution < 1.29 is 9.18 Å². The molecular formula is C22H21FN2O. The van der Waals surface area contributed by atoms with E-state index in [0.29, 0.717) is 5.82 Å². The van der Waals surface area contributed by atoms with Crippen molar-refractivity contribution in [3.05, 3.63) is 60.0 Å². The zero-order chi connectivity index (χ0) is 18.1. The Morgan fingerprint density at radius 1 is 1.08 bits per heavy atom. The van der Waals surface area contributed by atoms with Crippen LogP contribution in [0.5, 0.6) is 0 Å². The first-order valence-electron chi connectivity index (χ1n) is 9.07. The van der Waals surface area contributed by atoms with Gasteiger partial charge in [-0.3, -0.25) is 4.79 Å². The highest BCUT2D eigenvalue weighted by Gasteiger charge is 2.22. The number of aryl methyl sites for hydroxylation is 1. The average molecular weight is 348 g/mol. The number of nitrogens with one attached hydrogen (secondary N) is 1. The van der Waals surface area contributed by atoms with E-state index in [9.17, 15) is 9.18 Å². The molecule has 0 aliphatic heterocycles. The maximum Gasteiger partial charge on any atom is 0.228 e. The number of fused-ring (bicyclic) bond motifs is 1. The molecule has 26 heavy (non-hydrogen) atoms. The van der Waals surface area contributed by atoms with Gasteiger partial charge in [0, 0.05) is 17.5 Å². The Kier molecular flexibility index (Phi) is 4.41. The molecule has 0 radical (unpaired) electrons. The van der Waals surface area contributed by atoms with E-state index in [2.05, 4.69) is 10.3 Å². The average Bonchev–Trinajstić information content (AvgIpc) is 3.18. The third-order valence-electron chi connectivity index (χ3n) is 5.21. The number of carbonyl (C=O) groups is 1. The van der Waals surface area contributed by atoms with Crippen LogP contribution in [0.15, 0.2) is 48.7 Å². The lowest BCUT2D eigenvalue weighted by Crippen LogP contribution is -2.20. The van der Waals surface area contributed by atoms with E-state index >= 15 is 0 Å². The Morgan fingerprint density at radius 3 is 2.69 bits per heavy atom. The second-order valence-corrected chi connectivity index (χ2v) is 7.06. The lowest BCUT2D eigenvalue weighted by molar-refractivity contribution is -0.119. The second kappa shape index (κ2) is 6.87. The summed E-state index contributed by atoms with van der Waals surface area (Å²) in [5.41, 5.74) is 2.86. The van der Waals surface area contributed by atoms with Crippen molar-refractivity contribution in [3.63, 3.8) is 0 Å². The fraction of sp³-hybridized carbons (Fsp3) is 0.273. The molecule has 132 valence electrons. The van der Waals surface area contributed by atoms with Gasteiger partial charge in [-0.1, -0.05) is 31.0 Å². The van der Waals surface area contributed by atoms with E-state index in [1.54, 1.807) is 18.3 Å². The van der Waals surface area contributed by atoms with Crippen LogP contribution < -0.4 is 5.32 Å². The number of amides is 1. The largest absolute Gasteiger partial charge is 0.310 e. The van der Waals surface area contributed by atoms with Crippen LogP contribution in [0.1, 0.15) is 31.2 Å². The highest BCUT2D eigenvalue weighted by molar-refractivity contribution is 5.95. The van der Waals surface area contributed by atoms with Crippen LogP contribution in [0.4, 0.5) is 10.2 Å². The SMILES string of the molecule is Cc1ccc(F)cc1-c1ccc2cc(NC(=O)C3CCCC3)ncc2c1. The summed E-state index contributed by atoms with van der Waals surface area (Å²) in [6, 6.07) is 12.7. The number of halogens is 1. The van der Waals surface area contributed by atoms with Crippen LogP contribution in [-0.2, 0) is 4.79 Å². The molecule has 2 aromatic carbocycles. The monoisotopic (exact) mass is 348 g/mol. The maximum absolute atomic E-state index is 13.6. The van der Waals surface area contributed by atoms with Crippen molar-refractivity contribution in [1.29, 1.82) is 0 Å². The normalized spacial score (nSPS) is 14.7. The quantitative estimate of drug-likeness (QED) is 0.681. The predicted octanol–water partition coefficient (Wildman–Crippen LogP) is 5.48. The molecule has 0 unspecified atom stereocenters. The highest BCUT2D eigenvalue weighted by atomic mass is 19.1. The molecule has 0 atom stereocenters. The molecule has 0 saturated heterocycles. The first-order chi connectivity index (χ1) is 12.6. The number of aromatic nitrogens is 1. The van der Waals surface area contributed by atoms with Gasteiger partial charge < -0.3 is 5.32 Å². The molecule has 3 nitrogen and oxygen atoms in total. The number of pyridine rings is 1. The summed E-state index contributed by atoms with van der Waals surface area (Å²) in [5, 5.41) is 4.90. The van der Waals surface area contributed by atoms with Gasteiger partial charge in [0.05, 0.1) is 0 Å². The van der Waals surface area contributed by atoms with Gasteiger partial charge in [0.2, 0.25) is 5.91 Å². The van der Waals surface area contributed by atoms with E-state index in [0.717, 1.165) is 53.1 Å². The summed E-state index contributed by atoms with van der Waals surface area (Å²) in [7, 11) is 0. The molecule has 1 N–H and O–H groups in total. The molecule has 4 heteroatoms. The molecule has 1 amide bonds. The van der Waals surface area contributed by atoms with Gasteiger partial charge in [0.25, 0.3) is 0 Å². The lowest BCUT2D eigenvalue weighted by atomic mass is 9.98. The van der Waals surface area contributed by atoms with Crippen LogP contribution in [0, 0.1) is 18.7 Å². The first-order valence-corrected chi connectivity index (χ1v) is 9.07. The number of anilines is 1. The molecule has 3 aromatic rings. The minimum atomic E-state index is -0.242. The van der Waals surface area contributed by atoms with Crippen molar-refractivity contribution in [2.24, 2.45) is 5.92 Å². The Bertz CT molecular complexity index is 977. The third-order valence-corrected chi connectivity index (χ3v) is 5.21. The second-order valence-electron chi connectivity index (χ2n) is 7.06. The van der Waals surface area contributed by atoms with Gasteiger partial charge >= 0.3 is 0 Å². The van der Waals surface area contributed by atoms with Gasteiger partial charge in [-0.2, -0.15) is 0 Å². The number of nitrogens with zero attached hydrogens (tertiary/aromatic N) is 1. The minimum absolute atomic E-state index is 0.0707. The lowest BCUT2D eigenvalue weighted by Gasteiger charge is -2.11. The molecule has 1 aromatic heterocycles. The standard InChI is InChI=1S/C22H21FN2O/c1-14-6-9-19(23)12-20(14)17-8-7-16-11-21(24-13-18(16)10-17)25-22(26)15-4-2-3-5-15/h6-13,15H,2-5H2,1H3,(H,24,25,26). The Labute approximate surface area is 152 Å². The van der Waals surface area contributed by atoms with Gasteiger partial charge in [0.15, 0.2) is 0 Å². The summed E-state index contributed by atoms with van der Waals surface area (Å²) in [5.74, 6) is 0.532. The van der Waals surface area contributed by atoms with Crippen LogP contribution in [0.3, 0.4) is 0 Å². The fourth-order valence-electron chi connectivity index (χ4n) is 3.70. The zero-order valence-corrected chi connectivity index (χ0v) is 14.8. The summed E-state index contributed by atoms with van der Waals surface area (Å²) in [6.07, 6.45) is 5.96. The highest BCUT2D eigenvalue weighted by Crippen LogP contribution is 2.29. The zero-order valence-electron chi connectivity index (χ0n) is 14.8. The molecule has 1 heterocycles. The molecule has 1 fully saturated rings. The van der Waals surface area contributed by atoms with Crippen molar-refractivity contribution in [3.8, 4) is 11.1 Å². The number of hydrogen-bond donors (Lipinski definition) is 1. The minimum Gasteiger partial charge on any atom is -0.310 e. The van der Waals surface area contributed by atoms with E-state index in [-0.39, 0.29) is 17.6 Å². The van der Waals surface area contributed by atoms with Gasteiger partial charge in [-0.25, -0.2) is 9.37 Å². The van der Waals surface area contributed by atoms with E-state index in [1.807, 2.05) is 31.2 Å². The van der Waals surface area contributed by atoms with E-state index in [1.165, 1.54) is 6.07 Å². The molecule has 0 bridgehead atoms. The van der Waals surface area contributed by atoms with Crippen molar-refractivity contribution in [2.45, 2.75) is 32.6 Å². The maximum atomic E-state index is 13.6. The van der Waals surface area contributed by atoms with Gasteiger partial charge in [0.1, 0.15) is 11.6 Å². The molecule has 4 rings (SSSR count). The summed E-state index contributed by atoms with van der Waals surface area (Å²) in [6.45, 7) is 1.97. The van der Waals surface area contributed by atoms with E-state index in [4.69, 9.17) is 0 Å². The molecular weight excluding hydrogens is 327 g/mol. The van der Waals surface area contributed by atoms with Crippen LogP contribution in [0.2, 0.25) is 0 Å². The Morgan fingerprint density at radius 2 is 1.88 bits per heavy atom. The number of benzene rings is 2. The van der Waals surface area contributed by atoms with Crippen molar-refractivity contribution in [1.82, 2.24) is 4.98 Å². The molecule has 0 spiro atoms. The molecule has 1 aliphatic carbocycles. The Balaban J connectivity index is 1.62. The van der Waals surface area contributed by atoms with Crippen LogP contribution in [-0.4, -0.2) is 10.9 Å². The third kappa shape index (κ3) is 3.32. The van der Waals surface area contributed by atoms with E-state index < -0.39 is 0 Å². The van der Waals surface area contributed by atoms with Crippen LogP contribution >= 0.6 is 0 Å². The number of hydrogen-bond acceptors (Lipinski definition) is 2. The van der Waals surface area contributed by atoms with Crippen LogP contribution in [0.25, 0.3) is 21.9 Å².